The fraction of sp³-hybridized carbons (Fsp3) is 0.462. The third-order valence-corrected chi connectivity index (χ3v) is 3.20. The quantitative estimate of drug-likeness (QED) is 0.735. The first-order chi connectivity index (χ1) is 8.09. The van der Waals surface area contributed by atoms with E-state index < -0.39 is 5.97 Å². The Morgan fingerprint density at radius 1 is 1.41 bits per heavy atom. The van der Waals surface area contributed by atoms with E-state index >= 15 is 0 Å². The molecule has 0 bridgehead atoms. The van der Waals surface area contributed by atoms with Crippen molar-refractivity contribution in [2.75, 3.05) is 6.54 Å². The summed E-state index contributed by atoms with van der Waals surface area (Å²) in [6.45, 7) is 2.76. The number of rotatable bonds is 2. The maximum absolute atomic E-state index is 11.0. The number of aryl methyl sites for hydroxylation is 1. The molecule has 2 rings (SSSR count). The highest BCUT2D eigenvalue weighted by Crippen LogP contribution is 2.33. The first-order valence-electron chi connectivity index (χ1n) is 5.90. The standard InChI is InChI=1S/C13H17NO3/c1-8-6-9(11-4-2-3-5-14-11)12(15)10(7-8)13(16)17/h6-7,11,14-15H,2-5H2,1H3,(H,16,17)/t11-/m1/s1. The van der Waals surface area contributed by atoms with Crippen LogP contribution in [0.15, 0.2) is 12.1 Å². The first-order valence-corrected chi connectivity index (χ1v) is 5.90. The fourth-order valence-electron chi connectivity index (χ4n) is 2.35. The molecule has 4 heteroatoms. The Labute approximate surface area is 100 Å². The van der Waals surface area contributed by atoms with Gasteiger partial charge in [-0.05, 0) is 37.9 Å². The Hall–Kier alpha value is -1.55. The molecule has 0 spiro atoms. The molecule has 1 aromatic rings. The van der Waals surface area contributed by atoms with Crippen molar-refractivity contribution in [3.63, 3.8) is 0 Å². The second-order valence-electron chi connectivity index (χ2n) is 4.56. The predicted octanol–water partition coefficient (Wildman–Crippen LogP) is 2.21. The summed E-state index contributed by atoms with van der Waals surface area (Å²) in [7, 11) is 0. The number of hydrogen-bond acceptors (Lipinski definition) is 3. The number of carbonyl (C=O) groups is 1. The van der Waals surface area contributed by atoms with Gasteiger partial charge in [-0.2, -0.15) is 0 Å². The van der Waals surface area contributed by atoms with Crippen molar-refractivity contribution in [1.82, 2.24) is 5.32 Å². The van der Waals surface area contributed by atoms with E-state index in [2.05, 4.69) is 5.32 Å². The van der Waals surface area contributed by atoms with Gasteiger partial charge in [-0.3, -0.25) is 0 Å². The van der Waals surface area contributed by atoms with Crippen LogP contribution < -0.4 is 5.32 Å². The van der Waals surface area contributed by atoms with E-state index in [4.69, 9.17) is 5.11 Å². The Morgan fingerprint density at radius 3 is 2.76 bits per heavy atom. The predicted molar refractivity (Wildman–Crippen MR) is 64.4 cm³/mol. The topological polar surface area (TPSA) is 69.6 Å². The Balaban J connectivity index is 2.41. The molecule has 17 heavy (non-hydrogen) atoms. The number of aromatic carboxylic acids is 1. The van der Waals surface area contributed by atoms with Gasteiger partial charge in [-0.25, -0.2) is 4.79 Å². The van der Waals surface area contributed by atoms with E-state index in [-0.39, 0.29) is 17.4 Å². The van der Waals surface area contributed by atoms with Gasteiger partial charge in [0.05, 0.1) is 0 Å². The lowest BCUT2D eigenvalue weighted by Gasteiger charge is -2.25. The summed E-state index contributed by atoms with van der Waals surface area (Å²) in [5, 5.41) is 22.4. The summed E-state index contributed by atoms with van der Waals surface area (Å²) in [6.07, 6.45) is 3.18. The van der Waals surface area contributed by atoms with Crippen LogP contribution in [0.5, 0.6) is 5.75 Å². The lowest BCUT2D eigenvalue weighted by molar-refractivity contribution is 0.0693. The monoisotopic (exact) mass is 235 g/mol. The van der Waals surface area contributed by atoms with Crippen molar-refractivity contribution in [1.29, 1.82) is 0 Å². The highest BCUT2D eigenvalue weighted by Gasteiger charge is 2.22. The van der Waals surface area contributed by atoms with E-state index in [1.807, 2.05) is 13.0 Å². The van der Waals surface area contributed by atoms with Crippen LogP contribution in [-0.2, 0) is 0 Å². The Morgan fingerprint density at radius 2 is 2.18 bits per heavy atom. The SMILES string of the molecule is Cc1cc(C(=O)O)c(O)c([C@H]2CCCCN2)c1. The number of piperidine rings is 1. The molecule has 0 amide bonds. The molecule has 1 atom stereocenters. The number of carboxylic acid groups (broad SMARTS) is 1. The molecule has 1 heterocycles. The number of phenols is 1. The lowest BCUT2D eigenvalue weighted by Crippen LogP contribution is -2.27. The van der Waals surface area contributed by atoms with Gasteiger partial charge in [0.2, 0.25) is 0 Å². The molecule has 0 unspecified atom stereocenters. The van der Waals surface area contributed by atoms with Crippen molar-refractivity contribution in [3.05, 3.63) is 28.8 Å². The largest absolute Gasteiger partial charge is 0.507 e. The summed E-state index contributed by atoms with van der Waals surface area (Å²) >= 11 is 0. The van der Waals surface area contributed by atoms with E-state index in [9.17, 15) is 9.90 Å². The van der Waals surface area contributed by atoms with E-state index in [1.165, 1.54) is 6.07 Å². The van der Waals surface area contributed by atoms with E-state index in [0.29, 0.717) is 5.56 Å². The van der Waals surface area contributed by atoms with Gasteiger partial charge in [0, 0.05) is 11.6 Å². The Kier molecular flexibility index (Phi) is 3.33. The molecule has 0 radical (unpaired) electrons. The van der Waals surface area contributed by atoms with Gasteiger partial charge in [0.15, 0.2) is 0 Å². The molecule has 3 N–H and O–H groups in total. The zero-order valence-corrected chi connectivity index (χ0v) is 9.86. The van der Waals surface area contributed by atoms with Crippen LogP contribution in [0.3, 0.4) is 0 Å². The minimum Gasteiger partial charge on any atom is -0.507 e. The van der Waals surface area contributed by atoms with Crippen LogP contribution in [0.2, 0.25) is 0 Å². The molecule has 1 aliphatic rings. The van der Waals surface area contributed by atoms with Crippen molar-refractivity contribution < 1.29 is 15.0 Å². The molecule has 92 valence electrons. The third kappa shape index (κ3) is 2.42. The number of nitrogens with one attached hydrogen (secondary N) is 1. The van der Waals surface area contributed by atoms with Crippen LogP contribution in [0.4, 0.5) is 0 Å². The number of carboxylic acids is 1. The maximum Gasteiger partial charge on any atom is 0.339 e. The van der Waals surface area contributed by atoms with Gasteiger partial charge < -0.3 is 15.5 Å². The van der Waals surface area contributed by atoms with E-state index in [0.717, 1.165) is 31.4 Å². The highest BCUT2D eigenvalue weighted by molar-refractivity contribution is 5.91. The molecule has 0 aromatic heterocycles. The molecular weight excluding hydrogens is 218 g/mol. The Bertz CT molecular complexity index is 437. The zero-order valence-electron chi connectivity index (χ0n) is 9.86. The second kappa shape index (κ2) is 4.75. The summed E-state index contributed by atoms with van der Waals surface area (Å²) in [5.41, 5.74) is 1.57. The third-order valence-electron chi connectivity index (χ3n) is 3.20. The summed E-state index contributed by atoms with van der Waals surface area (Å²) < 4.78 is 0. The molecule has 0 saturated carbocycles. The normalized spacial score (nSPS) is 20.2. The minimum absolute atomic E-state index is 0.00706. The summed E-state index contributed by atoms with van der Waals surface area (Å²) in [5.74, 6) is -1.18. The van der Waals surface area contributed by atoms with Gasteiger partial charge in [-0.1, -0.05) is 12.5 Å². The zero-order chi connectivity index (χ0) is 12.4. The molecule has 1 aromatic carbocycles. The lowest BCUT2D eigenvalue weighted by atomic mass is 9.93. The fourth-order valence-corrected chi connectivity index (χ4v) is 2.35. The van der Waals surface area contributed by atoms with Crippen LogP contribution in [-0.4, -0.2) is 22.7 Å². The number of hydrogen-bond donors (Lipinski definition) is 3. The van der Waals surface area contributed by atoms with Crippen LogP contribution in [0, 0.1) is 6.92 Å². The van der Waals surface area contributed by atoms with Crippen LogP contribution in [0.25, 0.3) is 0 Å². The van der Waals surface area contributed by atoms with Crippen molar-refractivity contribution >= 4 is 5.97 Å². The molecule has 0 aliphatic carbocycles. The minimum atomic E-state index is -1.08. The van der Waals surface area contributed by atoms with Gasteiger partial charge in [-0.15, -0.1) is 0 Å². The molecular formula is C13H17NO3. The summed E-state index contributed by atoms with van der Waals surface area (Å²) in [4.78, 5) is 11.0. The van der Waals surface area contributed by atoms with Gasteiger partial charge in [0.1, 0.15) is 11.3 Å². The average molecular weight is 235 g/mol. The van der Waals surface area contributed by atoms with Crippen molar-refractivity contribution in [2.24, 2.45) is 0 Å². The van der Waals surface area contributed by atoms with Crippen molar-refractivity contribution in [2.45, 2.75) is 32.2 Å². The molecule has 4 nitrogen and oxygen atoms in total. The molecule has 1 aliphatic heterocycles. The van der Waals surface area contributed by atoms with Crippen LogP contribution >= 0.6 is 0 Å². The summed E-state index contributed by atoms with van der Waals surface area (Å²) in [6, 6.07) is 3.44. The average Bonchev–Trinajstić information content (AvgIpc) is 2.32. The number of benzene rings is 1. The maximum atomic E-state index is 11.0. The van der Waals surface area contributed by atoms with Gasteiger partial charge >= 0.3 is 5.97 Å². The first kappa shape index (κ1) is 11.9. The van der Waals surface area contributed by atoms with Crippen molar-refractivity contribution in [3.8, 4) is 5.75 Å². The number of aromatic hydroxyl groups is 1. The highest BCUT2D eigenvalue weighted by atomic mass is 16.4. The van der Waals surface area contributed by atoms with E-state index in [1.54, 1.807) is 0 Å². The van der Waals surface area contributed by atoms with Gasteiger partial charge in [0.25, 0.3) is 0 Å². The smallest absolute Gasteiger partial charge is 0.339 e. The molecule has 1 saturated heterocycles. The van der Waals surface area contributed by atoms with Crippen LogP contribution in [0.1, 0.15) is 46.8 Å². The second-order valence-corrected chi connectivity index (χ2v) is 4.56. The molecule has 1 fully saturated rings.